The fourth-order valence-corrected chi connectivity index (χ4v) is 2.52. The number of piperidine rings is 1. The SMILES string of the molecule is O=C(Nc1ccc(Cl)c(Cl)c1)N1CCCC[C@@H]1CO. The number of rotatable bonds is 2. The first-order valence-electron chi connectivity index (χ1n) is 6.25. The topological polar surface area (TPSA) is 52.6 Å². The van der Waals surface area contributed by atoms with Crippen molar-refractivity contribution in [1.29, 1.82) is 0 Å². The van der Waals surface area contributed by atoms with Crippen molar-refractivity contribution < 1.29 is 9.90 Å². The van der Waals surface area contributed by atoms with E-state index in [1.807, 2.05) is 0 Å². The maximum absolute atomic E-state index is 12.2. The highest BCUT2D eigenvalue weighted by atomic mass is 35.5. The van der Waals surface area contributed by atoms with Crippen molar-refractivity contribution in [3.8, 4) is 0 Å². The van der Waals surface area contributed by atoms with Gasteiger partial charge in [0, 0.05) is 12.2 Å². The molecule has 0 spiro atoms. The predicted molar refractivity (Wildman–Crippen MR) is 76.9 cm³/mol. The third-order valence-electron chi connectivity index (χ3n) is 3.27. The number of anilines is 1. The fraction of sp³-hybridized carbons (Fsp3) is 0.462. The van der Waals surface area contributed by atoms with Crippen LogP contribution >= 0.6 is 23.2 Å². The van der Waals surface area contributed by atoms with Crippen LogP contribution in [-0.2, 0) is 0 Å². The van der Waals surface area contributed by atoms with Crippen molar-refractivity contribution in [3.63, 3.8) is 0 Å². The summed E-state index contributed by atoms with van der Waals surface area (Å²) >= 11 is 11.7. The highest BCUT2D eigenvalue weighted by Crippen LogP contribution is 2.25. The maximum atomic E-state index is 12.2. The number of aliphatic hydroxyl groups excluding tert-OH is 1. The number of carbonyl (C=O) groups excluding carboxylic acids is 1. The first-order valence-corrected chi connectivity index (χ1v) is 7.01. The number of amides is 2. The number of hydrogen-bond donors (Lipinski definition) is 2. The quantitative estimate of drug-likeness (QED) is 0.880. The Hall–Kier alpha value is -0.970. The molecule has 104 valence electrons. The van der Waals surface area contributed by atoms with E-state index < -0.39 is 0 Å². The van der Waals surface area contributed by atoms with Crippen LogP contribution in [0.5, 0.6) is 0 Å². The maximum Gasteiger partial charge on any atom is 0.322 e. The van der Waals surface area contributed by atoms with E-state index in [0.717, 1.165) is 19.3 Å². The third-order valence-corrected chi connectivity index (χ3v) is 4.01. The number of nitrogens with one attached hydrogen (secondary N) is 1. The van der Waals surface area contributed by atoms with Crippen molar-refractivity contribution >= 4 is 34.9 Å². The molecule has 1 atom stereocenters. The molecule has 0 unspecified atom stereocenters. The molecule has 1 aromatic rings. The molecule has 2 rings (SSSR count). The lowest BCUT2D eigenvalue weighted by Crippen LogP contribution is -2.47. The number of aliphatic hydroxyl groups is 1. The Morgan fingerprint density at radius 3 is 2.84 bits per heavy atom. The van der Waals surface area contributed by atoms with Gasteiger partial charge in [0.2, 0.25) is 0 Å². The zero-order chi connectivity index (χ0) is 13.8. The Kier molecular flexibility index (Phi) is 4.91. The van der Waals surface area contributed by atoms with Gasteiger partial charge >= 0.3 is 6.03 Å². The average molecular weight is 303 g/mol. The van der Waals surface area contributed by atoms with Crippen LogP contribution in [0.4, 0.5) is 10.5 Å². The van der Waals surface area contributed by atoms with E-state index in [4.69, 9.17) is 23.2 Å². The van der Waals surface area contributed by atoms with Crippen LogP contribution in [0.1, 0.15) is 19.3 Å². The van der Waals surface area contributed by atoms with E-state index in [1.165, 1.54) is 0 Å². The summed E-state index contributed by atoms with van der Waals surface area (Å²) < 4.78 is 0. The summed E-state index contributed by atoms with van der Waals surface area (Å²) in [4.78, 5) is 13.8. The molecule has 1 aliphatic rings. The minimum absolute atomic E-state index is 0.00516. The Morgan fingerprint density at radius 1 is 1.37 bits per heavy atom. The molecule has 0 aromatic heterocycles. The molecular formula is C13H16Cl2N2O2. The number of carbonyl (C=O) groups is 1. The summed E-state index contributed by atoms with van der Waals surface area (Å²) in [5.74, 6) is 0. The number of halogens is 2. The lowest BCUT2D eigenvalue weighted by atomic mass is 10.0. The van der Waals surface area contributed by atoms with Gasteiger partial charge in [-0.1, -0.05) is 23.2 Å². The molecule has 1 heterocycles. The predicted octanol–water partition coefficient (Wildman–Crippen LogP) is 3.37. The van der Waals surface area contributed by atoms with E-state index in [0.29, 0.717) is 22.3 Å². The number of benzene rings is 1. The Balaban J connectivity index is 2.05. The minimum atomic E-state index is -0.211. The molecule has 1 fully saturated rings. The van der Waals surface area contributed by atoms with E-state index in [-0.39, 0.29) is 18.7 Å². The Labute approximate surface area is 122 Å². The summed E-state index contributed by atoms with van der Waals surface area (Å²) in [7, 11) is 0. The first-order chi connectivity index (χ1) is 9.11. The normalized spacial score (nSPS) is 19.3. The summed E-state index contributed by atoms with van der Waals surface area (Å²) in [5.41, 5.74) is 0.599. The molecule has 0 aliphatic carbocycles. The largest absolute Gasteiger partial charge is 0.394 e. The molecule has 0 saturated carbocycles. The van der Waals surface area contributed by atoms with E-state index in [1.54, 1.807) is 23.1 Å². The van der Waals surface area contributed by atoms with E-state index in [2.05, 4.69) is 5.32 Å². The molecule has 2 N–H and O–H groups in total. The van der Waals surface area contributed by atoms with Gasteiger partial charge in [0.25, 0.3) is 0 Å². The lowest BCUT2D eigenvalue weighted by Gasteiger charge is -2.34. The van der Waals surface area contributed by atoms with Crippen molar-refractivity contribution in [3.05, 3.63) is 28.2 Å². The molecule has 1 aliphatic heterocycles. The summed E-state index contributed by atoms with van der Waals surface area (Å²) in [6, 6.07) is 4.64. The second-order valence-electron chi connectivity index (χ2n) is 4.58. The van der Waals surface area contributed by atoms with Crippen molar-refractivity contribution in [2.45, 2.75) is 25.3 Å². The smallest absolute Gasteiger partial charge is 0.322 e. The van der Waals surface area contributed by atoms with Crippen molar-refractivity contribution in [1.82, 2.24) is 4.90 Å². The van der Waals surface area contributed by atoms with Gasteiger partial charge in [-0.15, -0.1) is 0 Å². The zero-order valence-electron chi connectivity index (χ0n) is 10.4. The third kappa shape index (κ3) is 3.53. The first kappa shape index (κ1) is 14.4. The highest BCUT2D eigenvalue weighted by Gasteiger charge is 2.26. The molecule has 19 heavy (non-hydrogen) atoms. The number of nitrogens with zero attached hydrogens (tertiary/aromatic N) is 1. The molecule has 4 nitrogen and oxygen atoms in total. The second kappa shape index (κ2) is 6.46. The highest BCUT2D eigenvalue weighted by molar-refractivity contribution is 6.42. The van der Waals surface area contributed by atoms with Crippen molar-refractivity contribution in [2.75, 3.05) is 18.5 Å². The molecule has 0 bridgehead atoms. The van der Waals surface area contributed by atoms with Gasteiger partial charge in [0.05, 0.1) is 22.7 Å². The fourth-order valence-electron chi connectivity index (χ4n) is 2.23. The molecule has 2 amide bonds. The van der Waals surface area contributed by atoms with Crippen LogP contribution in [0, 0.1) is 0 Å². The van der Waals surface area contributed by atoms with Crippen LogP contribution in [0.3, 0.4) is 0 Å². The number of likely N-dealkylation sites (tertiary alicyclic amines) is 1. The van der Waals surface area contributed by atoms with Gasteiger partial charge < -0.3 is 15.3 Å². The molecule has 1 aromatic carbocycles. The van der Waals surface area contributed by atoms with Crippen LogP contribution in [0.15, 0.2) is 18.2 Å². The summed E-state index contributed by atoms with van der Waals surface area (Å²) in [6.07, 6.45) is 2.85. The van der Waals surface area contributed by atoms with Crippen LogP contribution in [0.2, 0.25) is 10.0 Å². The van der Waals surface area contributed by atoms with Crippen LogP contribution in [0.25, 0.3) is 0 Å². The van der Waals surface area contributed by atoms with Gasteiger partial charge in [0.1, 0.15) is 0 Å². The number of urea groups is 1. The minimum Gasteiger partial charge on any atom is -0.394 e. The van der Waals surface area contributed by atoms with Gasteiger partial charge in [-0.25, -0.2) is 4.79 Å². The number of hydrogen-bond acceptors (Lipinski definition) is 2. The Morgan fingerprint density at radius 2 is 2.16 bits per heavy atom. The van der Waals surface area contributed by atoms with Gasteiger partial charge in [-0.05, 0) is 37.5 Å². The molecular weight excluding hydrogens is 287 g/mol. The van der Waals surface area contributed by atoms with Gasteiger partial charge in [-0.2, -0.15) is 0 Å². The van der Waals surface area contributed by atoms with Crippen LogP contribution < -0.4 is 5.32 Å². The standard InChI is InChI=1S/C13H16Cl2N2O2/c14-11-5-4-9(7-12(11)15)16-13(19)17-6-2-1-3-10(17)8-18/h4-5,7,10,18H,1-3,6,8H2,(H,16,19)/t10-/m1/s1. The molecule has 6 heteroatoms. The van der Waals surface area contributed by atoms with Gasteiger partial charge in [-0.3, -0.25) is 0 Å². The summed E-state index contributed by atoms with van der Waals surface area (Å²) in [6.45, 7) is 0.660. The lowest BCUT2D eigenvalue weighted by molar-refractivity contribution is 0.115. The average Bonchev–Trinajstić information content (AvgIpc) is 2.43. The Bertz CT molecular complexity index is 468. The molecule has 1 saturated heterocycles. The molecule has 0 radical (unpaired) electrons. The monoisotopic (exact) mass is 302 g/mol. The second-order valence-corrected chi connectivity index (χ2v) is 5.40. The summed E-state index contributed by atoms with van der Waals surface area (Å²) in [5, 5.41) is 12.9. The van der Waals surface area contributed by atoms with Crippen molar-refractivity contribution in [2.24, 2.45) is 0 Å². The van der Waals surface area contributed by atoms with Crippen LogP contribution in [-0.4, -0.2) is 35.2 Å². The van der Waals surface area contributed by atoms with Gasteiger partial charge in [0.15, 0.2) is 0 Å². The van der Waals surface area contributed by atoms with E-state index >= 15 is 0 Å². The van der Waals surface area contributed by atoms with E-state index in [9.17, 15) is 9.90 Å². The zero-order valence-corrected chi connectivity index (χ0v) is 11.9.